The highest BCUT2D eigenvalue weighted by atomic mass is 16.5. The second kappa shape index (κ2) is 6.58. The first kappa shape index (κ1) is 13.9. The molecule has 17 heavy (non-hydrogen) atoms. The maximum Gasteiger partial charge on any atom is 0.229 e. The Hall–Kier alpha value is -1.12. The molecule has 1 aliphatic heterocycles. The number of likely N-dealkylation sites (N-methyl/N-ethyl adjacent to an activating group) is 1. The average molecular weight is 239 g/mol. The van der Waals surface area contributed by atoms with E-state index in [0.717, 1.165) is 6.54 Å². The zero-order valence-electron chi connectivity index (χ0n) is 10.8. The highest BCUT2D eigenvalue weighted by Crippen LogP contribution is 2.17. The van der Waals surface area contributed by atoms with E-state index in [1.165, 1.54) is 0 Å². The van der Waals surface area contributed by atoms with Crippen LogP contribution in [0.4, 0.5) is 0 Å². The van der Waals surface area contributed by atoms with Gasteiger partial charge in [0, 0.05) is 19.1 Å². The summed E-state index contributed by atoms with van der Waals surface area (Å²) in [5.41, 5.74) is 0. The maximum atomic E-state index is 12.2. The van der Waals surface area contributed by atoms with E-state index in [0.29, 0.717) is 19.6 Å². The van der Waals surface area contributed by atoms with Gasteiger partial charge in [0.15, 0.2) is 0 Å². The topological polar surface area (TPSA) is 65.4 Å². The number of rotatable bonds is 5. The molecule has 1 aliphatic rings. The van der Waals surface area contributed by atoms with E-state index in [4.69, 9.17) is 10.00 Å². The molecule has 1 N–H and O–H groups in total. The predicted octanol–water partition coefficient (Wildman–Crippen LogP) is 0.371. The standard InChI is InChI=1S/C12H21N3O2/c1-4-14-11-8-17-7-10(11)12(16)15(3)9(2)5-6-13/h9-11,14H,4-5,7-8H2,1-3H3. The van der Waals surface area contributed by atoms with E-state index in [1.54, 1.807) is 11.9 Å². The van der Waals surface area contributed by atoms with E-state index in [9.17, 15) is 4.79 Å². The van der Waals surface area contributed by atoms with Crippen LogP contribution < -0.4 is 5.32 Å². The molecule has 1 heterocycles. The fraction of sp³-hybridized carbons (Fsp3) is 0.833. The van der Waals surface area contributed by atoms with Crippen LogP contribution in [0.25, 0.3) is 0 Å². The van der Waals surface area contributed by atoms with Gasteiger partial charge in [0.1, 0.15) is 0 Å². The normalized spacial score (nSPS) is 25.3. The molecule has 1 amide bonds. The lowest BCUT2D eigenvalue weighted by molar-refractivity contribution is -0.136. The number of ether oxygens (including phenoxy) is 1. The van der Waals surface area contributed by atoms with E-state index in [2.05, 4.69) is 11.4 Å². The molecule has 1 rings (SSSR count). The third-order valence-electron chi connectivity index (χ3n) is 3.26. The van der Waals surface area contributed by atoms with Crippen LogP contribution in [0.3, 0.4) is 0 Å². The van der Waals surface area contributed by atoms with Gasteiger partial charge in [-0.25, -0.2) is 0 Å². The Morgan fingerprint density at radius 2 is 2.35 bits per heavy atom. The van der Waals surface area contributed by atoms with Crippen LogP contribution in [-0.2, 0) is 9.53 Å². The van der Waals surface area contributed by atoms with Crippen molar-refractivity contribution in [3.63, 3.8) is 0 Å². The lowest BCUT2D eigenvalue weighted by Crippen LogP contribution is -2.47. The molecule has 0 aromatic heterocycles. The Morgan fingerprint density at radius 3 is 2.94 bits per heavy atom. The quantitative estimate of drug-likeness (QED) is 0.753. The fourth-order valence-corrected chi connectivity index (χ4v) is 2.01. The molecule has 0 aromatic rings. The van der Waals surface area contributed by atoms with Crippen molar-refractivity contribution in [2.45, 2.75) is 32.4 Å². The lowest BCUT2D eigenvalue weighted by Gasteiger charge is -2.28. The van der Waals surface area contributed by atoms with Gasteiger partial charge in [-0.2, -0.15) is 5.26 Å². The van der Waals surface area contributed by atoms with Crippen molar-refractivity contribution in [2.24, 2.45) is 5.92 Å². The SMILES string of the molecule is CCNC1COCC1C(=O)N(C)C(C)CC#N. The summed E-state index contributed by atoms with van der Waals surface area (Å²) in [7, 11) is 1.76. The van der Waals surface area contributed by atoms with Crippen molar-refractivity contribution < 1.29 is 9.53 Å². The minimum Gasteiger partial charge on any atom is -0.379 e. The summed E-state index contributed by atoms with van der Waals surface area (Å²) >= 11 is 0. The van der Waals surface area contributed by atoms with Crippen molar-refractivity contribution in [3.8, 4) is 6.07 Å². The van der Waals surface area contributed by atoms with Crippen LogP contribution in [0.1, 0.15) is 20.3 Å². The van der Waals surface area contributed by atoms with Gasteiger partial charge in [-0.3, -0.25) is 4.79 Å². The maximum absolute atomic E-state index is 12.2. The zero-order chi connectivity index (χ0) is 12.8. The molecule has 3 atom stereocenters. The Labute approximate surface area is 103 Å². The Morgan fingerprint density at radius 1 is 1.65 bits per heavy atom. The van der Waals surface area contributed by atoms with E-state index < -0.39 is 0 Å². The lowest BCUT2D eigenvalue weighted by atomic mass is 10.0. The van der Waals surface area contributed by atoms with Gasteiger partial charge < -0.3 is 15.0 Å². The fourth-order valence-electron chi connectivity index (χ4n) is 2.01. The van der Waals surface area contributed by atoms with Crippen LogP contribution in [-0.4, -0.2) is 49.7 Å². The van der Waals surface area contributed by atoms with Crippen LogP contribution >= 0.6 is 0 Å². The summed E-state index contributed by atoms with van der Waals surface area (Å²) in [6.07, 6.45) is 0.363. The molecule has 0 spiro atoms. The number of hydrogen-bond donors (Lipinski definition) is 1. The number of amides is 1. The summed E-state index contributed by atoms with van der Waals surface area (Å²) in [6.45, 7) is 5.79. The van der Waals surface area contributed by atoms with Gasteiger partial charge >= 0.3 is 0 Å². The molecule has 5 heteroatoms. The van der Waals surface area contributed by atoms with E-state index >= 15 is 0 Å². The van der Waals surface area contributed by atoms with Gasteiger partial charge in [0.25, 0.3) is 0 Å². The zero-order valence-corrected chi connectivity index (χ0v) is 10.8. The summed E-state index contributed by atoms with van der Waals surface area (Å²) in [5, 5.41) is 11.9. The molecule has 5 nitrogen and oxygen atoms in total. The molecule has 0 aliphatic carbocycles. The second-order valence-electron chi connectivity index (χ2n) is 4.47. The van der Waals surface area contributed by atoms with Crippen molar-refractivity contribution in [3.05, 3.63) is 0 Å². The summed E-state index contributed by atoms with van der Waals surface area (Å²) in [5.74, 6) is -0.0581. The van der Waals surface area contributed by atoms with Gasteiger partial charge in [-0.1, -0.05) is 6.92 Å². The molecular formula is C12H21N3O2. The first-order chi connectivity index (χ1) is 8.11. The van der Waals surface area contributed by atoms with Gasteiger partial charge in [-0.15, -0.1) is 0 Å². The first-order valence-electron chi connectivity index (χ1n) is 6.06. The van der Waals surface area contributed by atoms with Crippen LogP contribution in [0.15, 0.2) is 0 Å². The largest absolute Gasteiger partial charge is 0.379 e. The van der Waals surface area contributed by atoms with E-state index in [1.807, 2.05) is 13.8 Å². The number of nitriles is 1. The predicted molar refractivity (Wildman–Crippen MR) is 64.2 cm³/mol. The van der Waals surface area contributed by atoms with Crippen LogP contribution in [0, 0.1) is 17.2 Å². The molecule has 0 saturated carbocycles. The summed E-state index contributed by atoms with van der Waals surface area (Å²) < 4.78 is 5.36. The second-order valence-corrected chi connectivity index (χ2v) is 4.47. The average Bonchev–Trinajstić information content (AvgIpc) is 2.76. The van der Waals surface area contributed by atoms with Crippen LogP contribution in [0.2, 0.25) is 0 Å². The molecule has 96 valence electrons. The number of nitrogens with zero attached hydrogens (tertiary/aromatic N) is 2. The highest BCUT2D eigenvalue weighted by molar-refractivity contribution is 5.80. The van der Waals surface area contributed by atoms with Crippen LogP contribution in [0.5, 0.6) is 0 Å². The Bertz CT molecular complexity index is 301. The third-order valence-corrected chi connectivity index (χ3v) is 3.26. The Kier molecular flexibility index (Phi) is 5.39. The van der Waals surface area contributed by atoms with E-state index in [-0.39, 0.29) is 23.9 Å². The number of hydrogen-bond acceptors (Lipinski definition) is 4. The molecule has 0 bridgehead atoms. The number of carbonyl (C=O) groups is 1. The monoisotopic (exact) mass is 239 g/mol. The summed E-state index contributed by atoms with van der Waals surface area (Å²) in [6, 6.07) is 2.14. The minimum absolute atomic E-state index is 0.0459. The molecule has 0 radical (unpaired) electrons. The number of carbonyl (C=O) groups excluding carboxylic acids is 1. The molecule has 1 fully saturated rings. The van der Waals surface area contributed by atoms with Gasteiger partial charge in [0.2, 0.25) is 5.91 Å². The third kappa shape index (κ3) is 3.42. The molecule has 1 saturated heterocycles. The van der Waals surface area contributed by atoms with Gasteiger partial charge in [0.05, 0.1) is 31.6 Å². The summed E-state index contributed by atoms with van der Waals surface area (Å²) in [4.78, 5) is 13.9. The molecule has 0 aromatic carbocycles. The number of nitrogens with one attached hydrogen (secondary N) is 1. The van der Waals surface area contributed by atoms with Crippen molar-refractivity contribution >= 4 is 5.91 Å². The van der Waals surface area contributed by atoms with Crippen molar-refractivity contribution in [1.29, 1.82) is 5.26 Å². The molecule has 3 unspecified atom stereocenters. The minimum atomic E-state index is -0.124. The smallest absolute Gasteiger partial charge is 0.229 e. The molecular weight excluding hydrogens is 218 g/mol. The van der Waals surface area contributed by atoms with Gasteiger partial charge in [-0.05, 0) is 13.5 Å². The van der Waals surface area contributed by atoms with Crippen molar-refractivity contribution in [1.82, 2.24) is 10.2 Å². The Balaban J connectivity index is 2.59. The highest BCUT2D eigenvalue weighted by Gasteiger charge is 2.36. The van der Waals surface area contributed by atoms with Crippen molar-refractivity contribution in [2.75, 3.05) is 26.8 Å². The first-order valence-corrected chi connectivity index (χ1v) is 6.06.